The van der Waals surface area contributed by atoms with Crippen LogP contribution in [-0.2, 0) is 14.3 Å². The summed E-state index contributed by atoms with van der Waals surface area (Å²) in [4.78, 5) is 39.7. The highest BCUT2D eigenvalue weighted by atomic mass is 16.6. The lowest BCUT2D eigenvalue weighted by atomic mass is 10.1. The molecule has 28 heavy (non-hydrogen) atoms. The van der Waals surface area contributed by atoms with Gasteiger partial charge in [0, 0.05) is 5.69 Å². The highest BCUT2D eigenvalue weighted by Gasteiger charge is 2.25. The zero-order chi connectivity index (χ0) is 20.7. The third kappa shape index (κ3) is 5.00. The van der Waals surface area contributed by atoms with Gasteiger partial charge in [-0.3, -0.25) is 4.79 Å². The molecule has 1 aromatic heterocycles. The first-order chi connectivity index (χ1) is 13.4. The Balaban J connectivity index is 2.02. The molecule has 2 aromatic rings. The lowest BCUT2D eigenvalue weighted by Gasteiger charge is -2.16. The van der Waals surface area contributed by atoms with E-state index in [0.29, 0.717) is 29.0 Å². The maximum absolute atomic E-state index is 12.5. The van der Waals surface area contributed by atoms with Crippen molar-refractivity contribution in [3.8, 4) is 5.75 Å². The van der Waals surface area contributed by atoms with Crippen LogP contribution in [0.1, 0.15) is 52.4 Å². The number of aromatic amines is 1. The second-order valence-electron chi connectivity index (χ2n) is 6.20. The van der Waals surface area contributed by atoms with Crippen molar-refractivity contribution in [3.63, 3.8) is 0 Å². The minimum atomic E-state index is -0.809. The number of ketones is 1. The van der Waals surface area contributed by atoms with Gasteiger partial charge in [-0.25, -0.2) is 9.59 Å². The molecule has 1 N–H and O–H groups in total. The minimum absolute atomic E-state index is 0.227. The van der Waals surface area contributed by atoms with Crippen molar-refractivity contribution in [1.29, 1.82) is 0 Å². The van der Waals surface area contributed by atoms with Gasteiger partial charge in [0.1, 0.15) is 5.75 Å². The second kappa shape index (κ2) is 9.73. The normalized spacial score (nSPS) is 11.6. The number of esters is 2. The number of rotatable bonds is 9. The Kier molecular flexibility index (Phi) is 7.37. The second-order valence-corrected chi connectivity index (χ2v) is 6.20. The third-order valence-corrected chi connectivity index (χ3v) is 4.20. The van der Waals surface area contributed by atoms with Crippen molar-refractivity contribution in [2.24, 2.45) is 0 Å². The van der Waals surface area contributed by atoms with E-state index < -0.39 is 30.4 Å². The topological polar surface area (TPSA) is 94.7 Å². The Morgan fingerprint density at radius 3 is 2.32 bits per heavy atom. The first kappa shape index (κ1) is 21.2. The molecular weight excluding hydrogens is 362 g/mol. The van der Waals surface area contributed by atoms with Crippen LogP contribution in [0.5, 0.6) is 5.75 Å². The number of benzene rings is 1. The predicted octanol–water partition coefficient (Wildman–Crippen LogP) is 3.39. The molecule has 0 radical (unpaired) electrons. The van der Waals surface area contributed by atoms with E-state index in [1.54, 1.807) is 52.0 Å². The van der Waals surface area contributed by atoms with Gasteiger partial charge in [0.05, 0.1) is 17.9 Å². The number of para-hydroxylation sites is 1. The molecule has 1 atom stereocenters. The number of Topliss-reactive ketones (excluding diaryl/α,β-unsaturated/α-hetero) is 1. The Hall–Kier alpha value is -3.09. The molecule has 1 heterocycles. The van der Waals surface area contributed by atoms with E-state index in [0.717, 1.165) is 0 Å². The van der Waals surface area contributed by atoms with Gasteiger partial charge in [0.25, 0.3) is 0 Å². The number of aromatic nitrogens is 1. The Morgan fingerprint density at radius 1 is 1.04 bits per heavy atom. The number of carbonyl (C=O) groups excluding carboxylic acids is 3. The molecule has 7 nitrogen and oxygen atoms in total. The SMILES string of the molecule is CCOC(=O)c1c(C)[nH]c(C(=O)COC(=O)[C@@H](CC)Oc2ccccc2)c1C. The molecule has 7 heteroatoms. The molecule has 0 amide bonds. The van der Waals surface area contributed by atoms with Crippen LogP contribution in [0.4, 0.5) is 0 Å². The van der Waals surface area contributed by atoms with Crippen molar-refractivity contribution in [3.05, 3.63) is 52.8 Å². The smallest absolute Gasteiger partial charge is 0.347 e. The summed E-state index contributed by atoms with van der Waals surface area (Å²) in [6.45, 7) is 6.63. The molecule has 0 unspecified atom stereocenters. The van der Waals surface area contributed by atoms with E-state index in [2.05, 4.69) is 4.98 Å². The van der Waals surface area contributed by atoms with Gasteiger partial charge in [-0.1, -0.05) is 25.1 Å². The van der Waals surface area contributed by atoms with Crippen LogP contribution in [0, 0.1) is 13.8 Å². The maximum atomic E-state index is 12.5. The first-order valence-corrected chi connectivity index (χ1v) is 9.16. The summed E-state index contributed by atoms with van der Waals surface area (Å²) >= 11 is 0. The van der Waals surface area contributed by atoms with Crippen LogP contribution in [0.15, 0.2) is 30.3 Å². The van der Waals surface area contributed by atoms with E-state index in [1.807, 2.05) is 6.07 Å². The summed E-state index contributed by atoms with van der Waals surface area (Å²) in [6.07, 6.45) is -0.410. The van der Waals surface area contributed by atoms with Gasteiger partial charge in [-0.05, 0) is 44.9 Å². The van der Waals surface area contributed by atoms with Gasteiger partial charge >= 0.3 is 11.9 Å². The van der Waals surface area contributed by atoms with E-state index in [9.17, 15) is 14.4 Å². The van der Waals surface area contributed by atoms with E-state index in [1.165, 1.54) is 0 Å². The van der Waals surface area contributed by atoms with Gasteiger partial charge in [0.2, 0.25) is 5.78 Å². The highest BCUT2D eigenvalue weighted by molar-refractivity contribution is 6.02. The van der Waals surface area contributed by atoms with Crippen LogP contribution in [0.25, 0.3) is 0 Å². The molecule has 2 rings (SSSR count). The van der Waals surface area contributed by atoms with Gasteiger partial charge in [-0.15, -0.1) is 0 Å². The first-order valence-electron chi connectivity index (χ1n) is 9.16. The van der Waals surface area contributed by atoms with Crippen molar-refractivity contribution in [2.75, 3.05) is 13.2 Å². The Labute approximate surface area is 164 Å². The molecule has 0 fully saturated rings. The lowest BCUT2D eigenvalue weighted by Crippen LogP contribution is -2.30. The quantitative estimate of drug-likeness (QED) is 0.523. The molecular formula is C21H25NO6. The number of ether oxygens (including phenoxy) is 3. The minimum Gasteiger partial charge on any atom is -0.479 e. The highest BCUT2D eigenvalue weighted by Crippen LogP contribution is 2.20. The fourth-order valence-corrected chi connectivity index (χ4v) is 2.80. The number of hydrogen-bond donors (Lipinski definition) is 1. The molecule has 0 spiro atoms. The summed E-state index contributed by atoms with van der Waals surface area (Å²) < 4.78 is 15.8. The fourth-order valence-electron chi connectivity index (χ4n) is 2.80. The predicted molar refractivity (Wildman–Crippen MR) is 103 cm³/mol. The van der Waals surface area contributed by atoms with Crippen molar-refractivity contribution < 1.29 is 28.6 Å². The summed E-state index contributed by atoms with van der Waals surface area (Å²) in [5.74, 6) is -0.995. The lowest BCUT2D eigenvalue weighted by molar-refractivity contribution is -0.150. The molecule has 0 aliphatic carbocycles. The Bertz CT molecular complexity index is 840. The average molecular weight is 387 g/mol. The number of carbonyl (C=O) groups is 3. The van der Waals surface area contributed by atoms with Crippen LogP contribution >= 0.6 is 0 Å². The van der Waals surface area contributed by atoms with Crippen molar-refractivity contribution in [2.45, 2.75) is 40.2 Å². The summed E-state index contributed by atoms with van der Waals surface area (Å²) in [6, 6.07) is 8.92. The van der Waals surface area contributed by atoms with Gasteiger partial charge in [-0.2, -0.15) is 0 Å². The maximum Gasteiger partial charge on any atom is 0.347 e. The van der Waals surface area contributed by atoms with Crippen LogP contribution in [-0.4, -0.2) is 42.0 Å². The number of nitrogens with one attached hydrogen (secondary N) is 1. The van der Waals surface area contributed by atoms with Gasteiger partial charge < -0.3 is 19.2 Å². The third-order valence-electron chi connectivity index (χ3n) is 4.20. The molecule has 0 saturated carbocycles. The van der Waals surface area contributed by atoms with Crippen LogP contribution < -0.4 is 4.74 Å². The van der Waals surface area contributed by atoms with Crippen LogP contribution in [0.2, 0.25) is 0 Å². The molecule has 0 saturated heterocycles. The van der Waals surface area contributed by atoms with E-state index in [4.69, 9.17) is 14.2 Å². The van der Waals surface area contributed by atoms with Gasteiger partial charge in [0.15, 0.2) is 12.7 Å². The summed E-state index contributed by atoms with van der Waals surface area (Å²) in [5.41, 5.74) is 1.56. The molecule has 150 valence electrons. The van der Waals surface area contributed by atoms with E-state index in [-0.39, 0.29) is 12.3 Å². The zero-order valence-corrected chi connectivity index (χ0v) is 16.5. The zero-order valence-electron chi connectivity index (χ0n) is 16.5. The van der Waals surface area contributed by atoms with E-state index >= 15 is 0 Å². The standard InChI is InChI=1S/C21H25NO6/c1-5-17(28-15-10-8-7-9-11-15)20(24)27-12-16(23)19-13(3)18(14(4)22-19)21(25)26-6-2/h7-11,17,22H,5-6,12H2,1-4H3/t17-/m1/s1. The summed E-state index contributed by atoms with van der Waals surface area (Å²) in [5, 5.41) is 0. The monoisotopic (exact) mass is 387 g/mol. The molecule has 0 bridgehead atoms. The number of aryl methyl sites for hydroxylation is 1. The number of H-pyrrole nitrogens is 1. The average Bonchev–Trinajstić information content (AvgIpc) is 2.99. The van der Waals surface area contributed by atoms with Crippen molar-refractivity contribution in [1.82, 2.24) is 4.98 Å². The summed E-state index contributed by atoms with van der Waals surface area (Å²) in [7, 11) is 0. The fraction of sp³-hybridized carbons (Fsp3) is 0.381. The molecule has 1 aromatic carbocycles. The van der Waals surface area contributed by atoms with Crippen LogP contribution in [0.3, 0.4) is 0 Å². The molecule has 0 aliphatic rings. The number of hydrogen-bond acceptors (Lipinski definition) is 6. The largest absolute Gasteiger partial charge is 0.479 e. The molecule has 0 aliphatic heterocycles. The Morgan fingerprint density at radius 2 is 1.71 bits per heavy atom. The van der Waals surface area contributed by atoms with Crippen molar-refractivity contribution >= 4 is 17.7 Å².